The van der Waals surface area contributed by atoms with Crippen LogP contribution in [0.5, 0.6) is 17.2 Å². The van der Waals surface area contributed by atoms with E-state index in [4.69, 9.17) is 14.2 Å². The highest BCUT2D eigenvalue weighted by atomic mass is 16.7. The zero-order valence-corrected chi connectivity index (χ0v) is 16.1. The number of aryl methyl sites for hydroxylation is 1. The van der Waals surface area contributed by atoms with Crippen LogP contribution in [0.25, 0.3) is 0 Å². The Morgan fingerprint density at radius 1 is 1.10 bits per heavy atom. The number of amides is 1. The van der Waals surface area contributed by atoms with Crippen LogP contribution in [-0.4, -0.2) is 29.3 Å². The average molecular weight is 392 g/mol. The SMILES string of the molecule is CCOc1ccccc1Nc1nc(C)cc(C(=O)Nc2ccc3c(c2)OCO3)n1. The van der Waals surface area contributed by atoms with Crippen LogP contribution in [0.1, 0.15) is 23.1 Å². The monoisotopic (exact) mass is 392 g/mol. The van der Waals surface area contributed by atoms with E-state index in [0.29, 0.717) is 41.2 Å². The molecule has 2 aromatic carbocycles. The van der Waals surface area contributed by atoms with Gasteiger partial charge in [-0.3, -0.25) is 4.79 Å². The van der Waals surface area contributed by atoms with E-state index in [1.54, 1.807) is 31.2 Å². The van der Waals surface area contributed by atoms with E-state index in [9.17, 15) is 4.79 Å². The van der Waals surface area contributed by atoms with Gasteiger partial charge in [-0.15, -0.1) is 0 Å². The number of fused-ring (bicyclic) bond motifs is 1. The number of hydrogen-bond acceptors (Lipinski definition) is 7. The number of rotatable bonds is 6. The van der Waals surface area contributed by atoms with Gasteiger partial charge in [-0.25, -0.2) is 9.97 Å². The topological polar surface area (TPSA) is 94.6 Å². The molecule has 3 aromatic rings. The van der Waals surface area contributed by atoms with Gasteiger partial charge in [-0.1, -0.05) is 12.1 Å². The Balaban J connectivity index is 1.54. The van der Waals surface area contributed by atoms with Gasteiger partial charge in [0.1, 0.15) is 11.4 Å². The summed E-state index contributed by atoms with van der Waals surface area (Å²) in [5.41, 5.74) is 2.22. The van der Waals surface area contributed by atoms with Gasteiger partial charge in [-0.05, 0) is 44.2 Å². The summed E-state index contributed by atoms with van der Waals surface area (Å²) in [4.78, 5) is 21.4. The first-order valence-electron chi connectivity index (χ1n) is 9.18. The molecule has 1 aliphatic rings. The fraction of sp³-hybridized carbons (Fsp3) is 0.190. The smallest absolute Gasteiger partial charge is 0.274 e. The molecular formula is C21H20N4O4. The van der Waals surface area contributed by atoms with Crippen LogP contribution in [0.2, 0.25) is 0 Å². The summed E-state index contributed by atoms with van der Waals surface area (Å²) < 4.78 is 16.2. The highest BCUT2D eigenvalue weighted by molar-refractivity contribution is 6.03. The standard InChI is InChI=1S/C21H20N4O4/c1-3-27-17-7-5-4-6-15(17)24-21-22-13(2)10-16(25-21)20(26)23-14-8-9-18-19(11-14)29-12-28-18/h4-11H,3,12H2,1-2H3,(H,23,26)(H,22,24,25). The molecule has 0 spiro atoms. The van der Waals surface area contributed by atoms with Crippen LogP contribution >= 0.6 is 0 Å². The number of carbonyl (C=O) groups is 1. The molecule has 0 bridgehead atoms. The fourth-order valence-corrected chi connectivity index (χ4v) is 2.88. The van der Waals surface area contributed by atoms with Crippen LogP contribution < -0.4 is 24.8 Å². The second-order valence-corrected chi connectivity index (χ2v) is 6.29. The summed E-state index contributed by atoms with van der Waals surface area (Å²) in [5, 5.41) is 5.95. The van der Waals surface area contributed by atoms with Crippen LogP contribution in [0.15, 0.2) is 48.5 Å². The van der Waals surface area contributed by atoms with Gasteiger partial charge in [0.2, 0.25) is 12.7 Å². The quantitative estimate of drug-likeness (QED) is 0.657. The number of nitrogens with zero attached hydrogens (tertiary/aromatic N) is 2. The van der Waals surface area contributed by atoms with Gasteiger partial charge in [0.15, 0.2) is 11.5 Å². The van der Waals surface area contributed by atoms with Gasteiger partial charge in [0, 0.05) is 17.4 Å². The number of para-hydroxylation sites is 2. The third-order valence-electron chi connectivity index (χ3n) is 4.15. The van der Waals surface area contributed by atoms with Crippen molar-refractivity contribution in [3.8, 4) is 17.2 Å². The van der Waals surface area contributed by atoms with E-state index >= 15 is 0 Å². The predicted molar refractivity (Wildman–Crippen MR) is 108 cm³/mol. The van der Waals surface area contributed by atoms with E-state index in [1.165, 1.54) is 0 Å². The molecule has 1 amide bonds. The molecule has 8 nitrogen and oxygen atoms in total. The zero-order chi connectivity index (χ0) is 20.2. The summed E-state index contributed by atoms with van der Waals surface area (Å²) in [7, 11) is 0. The van der Waals surface area contributed by atoms with Crippen molar-refractivity contribution in [3.05, 3.63) is 59.9 Å². The number of aromatic nitrogens is 2. The molecule has 1 aliphatic heterocycles. The summed E-state index contributed by atoms with van der Waals surface area (Å²) in [5.74, 6) is 1.90. The van der Waals surface area contributed by atoms with E-state index in [2.05, 4.69) is 20.6 Å². The molecule has 4 rings (SSSR count). The Bertz CT molecular complexity index is 1050. The van der Waals surface area contributed by atoms with Crippen molar-refractivity contribution in [2.45, 2.75) is 13.8 Å². The maximum absolute atomic E-state index is 12.7. The van der Waals surface area contributed by atoms with Crippen molar-refractivity contribution in [3.63, 3.8) is 0 Å². The second kappa shape index (κ2) is 8.05. The molecule has 2 heterocycles. The Morgan fingerprint density at radius 2 is 1.93 bits per heavy atom. The summed E-state index contributed by atoms with van der Waals surface area (Å²) in [6, 6.07) is 14.3. The maximum atomic E-state index is 12.7. The van der Waals surface area contributed by atoms with E-state index < -0.39 is 0 Å². The molecule has 0 unspecified atom stereocenters. The van der Waals surface area contributed by atoms with E-state index in [0.717, 1.165) is 5.69 Å². The van der Waals surface area contributed by atoms with Crippen LogP contribution in [-0.2, 0) is 0 Å². The fourth-order valence-electron chi connectivity index (χ4n) is 2.88. The summed E-state index contributed by atoms with van der Waals surface area (Å²) in [6.45, 7) is 4.43. The van der Waals surface area contributed by atoms with Crippen molar-refractivity contribution >= 4 is 23.2 Å². The molecule has 2 N–H and O–H groups in total. The summed E-state index contributed by atoms with van der Waals surface area (Å²) in [6.07, 6.45) is 0. The van der Waals surface area contributed by atoms with Crippen LogP contribution in [0.3, 0.4) is 0 Å². The van der Waals surface area contributed by atoms with Gasteiger partial charge < -0.3 is 24.8 Å². The lowest BCUT2D eigenvalue weighted by Gasteiger charge is -2.12. The third-order valence-corrected chi connectivity index (χ3v) is 4.15. The maximum Gasteiger partial charge on any atom is 0.274 e. The highest BCUT2D eigenvalue weighted by Gasteiger charge is 2.16. The number of anilines is 3. The Kier molecular flexibility index (Phi) is 5.15. The molecule has 0 saturated carbocycles. The number of ether oxygens (including phenoxy) is 3. The first-order chi connectivity index (χ1) is 14.1. The normalized spacial score (nSPS) is 11.8. The van der Waals surface area contributed by atoms with Crippen molar-refractivity contribution in [1.29, 1.82) is 0 Å². The van der Waals surface area contributed by atoms with Crippen molar-refractivity contribution in [2.75, 3.05) is 24.0 Å². The molecule has 0 fully saturated rings. The number of hydrogen-bond donors (Lipinski definition) is 2. The first kappa shape index (κ1) is 18.5. The van der Waals surface area contributed by atoms with Crippen molar-refractivity contribution in [2.24, 2.45) is 0 Å². The predicted octanol–water partition coefficient (Wildman–Crippen LogP) is 3.91. The Morgan fingerprint density at radius 3 is 2.79 bits per heavy atom. The lowest BCUT2D eigenvalue weighted by molar-refractivity contribution is 0.102. The van der Waals surface area contributed by atoms with Gasteiger partial charge in [0.25, 0.3) is 5.91 Å². The Labute approximate surface area is 167 Å². The van der Waals surface area contributed by atoms with Crippen LogP contribution in [0.4, 0.5) is 17.3 Å². The van der Waals surface area contributed by atoms with Gasteiger partial charge >= 0.3 is 0 Å². The average Bonchev–Trinajstić information content (AvgIpc) is 3.17. The van der Waals surface area contributed by atoms with Gasteiger partial charge in [-0.2, -0.15) is 0 Å². The molecule has 0 saturated heterocycles. The van der Waals surface area contributed by atoms with Crippen molar-refractivity contribution in [1.82, 2.24) is 9.97 Å². The number of carbonyl (C=O) groups excluding carboxylic acids is 1. The molecule has 0 radical (unpaired) electrons. The molecule has 0 atom stereocenters. The zero-order valence-electron chi connectivity index (χ0n) is 16.1. The minimum absolute atomic E-state index is 0.177. The molecule has 8 heteroatoms. The molecule has 29 heavy (non-hydrogen) atoms. The third kappa shape index (κ3) is 4.21. The minimum atomic E-state index is -0.351. The van der Waals surface area contributed by atoms with Gasteiger partial charge in [0.05, 0.1) is 12.3 Å². The van der Waals surface area contributed by atoms with Crippen molar-refractivity contribution < 1.29 is 19.0 Å². The van der Waals surface area contributed by atoms with E-state index in [1.807, 2.05) is 31.2 Å². The Hall–Kier alpha value is -3.81. The summed E-state index contributed by atoms with van der Waals surface area (Å²) >= 11 is 0. The second-order valence-electron chi connectivity index (χ2n) is 6.29. The largest absolute Gasteiger partial charge is 0.492 e. The lowest BCUT2D eigenvalue weighted by atomic mass is 10.2. The molecule has 0 aliphatic carbocycles. The lowest BCUT2D eigenvalue weighted by Crippen LogP contribution is -2.15. The highest BCUT2D eigenvalue weighted by Crippen LogP contribution is 2.34. The minimum Gasteiger partial charge on any atom is -0.492 e. The first-order valence-corrected chi connectivity index (χ1v) is 9.18. The molecule has 1 aromatic heterocycles. The number of benzene rings is 2. The van der Waals surface area contributed by atoms with E-state index in [-0.39, 0.29) is 18.4 Å². The number of nitrogens with one attached hydrogen (secondary N) is 2. The van der Waals surface area contributed by atoms with Crippen LogP contribution in [0, 0.1) is 6.92 Å². The molecular weight excluding hydrogens is 372 g/mol. The molecule has 148 valence electrons.